The predicted molar refractivity (Wildman–Crippen MR) is 207 cm³/mol. The number of ether oxygens (including phenoxy) is 1. The summed E-state index contributed by atoms with van der Waals surface area (Å²) in [6, 6.07) is 53.2. The summed E-state index contributed by atoms with van der Waals surface area (Å²) >= 11 is 0. The van der Waals surface area contributed by atoms with Gasteiger partial charge in [-0.15, -0.1) is 0 Å². The monoisotopic (exact) mass is 692 g/mol. The Morgan fingerprint density at radius 3 is 1.75 bits per heavy atom. The molecule has 0 saturated heterocycles. The lowest BCUT2D eigenvalue weighted by Gasteiger charge is -2.35. The van der Waals surface area contributed by atoms with Crippen molar-refractivity contribution in [3.05, 3.63) is 174 Å². The first-order valence-corrected chi connectivity index (χ1v) is 18.6. The summed E-state index contributed by atoms with van der Waals surface area (Å²) < 4.78 is 35.6. The fourth-order valence-electron chi connectivity index (χ4n) is 7.54. The molecular weight excluding hydrogens is 661 g/mol. The van der Waals surface area contributed by atoms with Crippen LogP contribution in [0.3, 0.4) is 0 Å². The highest BCUT2D eigenvalue weighted by molar-refractivity contribution is 7.91. The van der Waals surface area contributed by atoms with Crippen molar-refractivity contribution < 1.29 is 13.2 Å². The summed E-state index contributed by atoms with van der Waals surface area (Å²) in [5.74, 6) is 1.59. The quantitative estimate of drug-likeness (QED) is 0.180. The van der Waals surface area contributed by atoms with Crippen LogP contribution in [0.2, 0.25) is 0 Å². The summed E-state index contributed by atoms with van der Waals surface area (Å²) in [6.07, 6.45) is 0. The molecule has 0 atom stereocenters. The molecule has 0 fully saturated rings. The normalized spacial score (nSPS) is 13.2. The van der Waals surface area contributed by atoms with Crippen LogP contribution in [0.4, 0.5) is 0 Å². The molecular formula is C46H32N2O3S. The average Bonchev–Trinajstić information content (AvgIpc) is 3.51. The number of hydrogen-bond acceptors (Lipinski definition) is 4. The van der Waals surface area contributed by atoms with Gasteiger partial charge in [-0.05, 0) is 113 Å². The van der Waals surface area contributed by atoms with Gasteiger partial charge in [0.15, 0.2) is 0 Å². The number of nitriles is 1. The molecule has 0 unspecified atom stereocenters. The summed E-state index contributed by atoms with van der Waals surface area (Å²) in [5.41, 5.74) is 9.34. The summed E-state index contributed by atoms with van der Waals surface area (Å²) in [7, 11) is -3.66. The molecule has 1 aromatic heterocycles. The molecule has 0 amide bonds. The van der Waals surface area contributed by atoms with Crippen LogP contribution in [-0.2, 0) is 15.3 Å². The van der Waals surface area contributed by atoms with Gasteiger partial charge in [0.05, 0.1) is 32.5 Å². The van der Waals surface area contributed by atoms with E-state index < -0.39 is 15.3 Å². The molecule has 7 aromatic carbocycles. The van der Waals surface area contributed by atoms with Crippen molar-refractivity contribution in [1.29, 1.82) is 5.26 Å². The third-order valence-corrected chi connectivity index (χ3v) is 12.1. The topological polar surface area (TPSA) is 72.1 Å². The van der Waals surface area contributed by atoms with E-state index in [9.17, 15) is 13.7 Å². The van der Waals surface area contributed by atoms with Gasteiger partial charge in [-0.3, -0.25) is 0 Å². The Labute approximate surface area is 302 Å². The first-order valence-electron chi connectivity index (χ1n) is 17.1. The summed E-state index contributed by atoms with van der Waals surface area (Å²) in [4.78, 5) is 0.527. The number of aromatic nitrogens is 1. The third kappa shape index (κ3) is 5.01. The van der Waals surface area contributed by atoms with Crippen LogP contribution in [-0.4, -0.2) is 13.0 Å². The maximum absolute atomic E-state index is 13.4. The van der Waals surface area contributed by atoms with Gasteiger partial charge in [-0.2, -0.15) is 5.26 Å². The third-order valence-electron chi connectivity index (χ3n) is 10.3. The van der Waals surface area contributed by atoms with Crippen molar-refractivity contribution >= 4 is 31.6 Å². The van der Waals surface area contributed by atoms with Crippen LogP contribution < -0.4 is 4.74 Å². The van der Waals surface area contributed by atoms with Gasteiger partial charge in [-0.1, -0.05) is 80.6 Å². The van der Waals surface area contributed by atoms with Gasteiger partial charge < -0.3 is 9.30 Å². The van der Waals surface area contributed by atoms with Crippen molar-refractivity contribution in [2.75, 3.05) is 0 Å². The summed E-state index contributed by atoms with van der Waals surface area (Å²) in [6.45, 7) is 4.41. The standard InChI is InChI=1S/C46H32N2O3S/c1-46(2)40-27-33(31-10-9-15-37(25-31)52(49,50)36-13-7-4-8-14-36)18-22-44(40)51-45-23-19-34(28-41(45)46)32-17-21-43-39(26-32)38-24-30(29-47)16-20-42(38)48(43)35-11-5-3-6-12-35/h3-28H,1-2H3. The number of hydrogen-bond donors (Lipinski definition) is 0. The molecule has 1 aliphatic heterocycles. The van der Waals surface area contributed by atoms with Gasteiger partial charge in [0.25, 0.3) is 0 Å². The highest BCUT2D eigenvalue weighted by Crippen LogP contribution is 2.50. The molecule has 0 bridgehead atoms. The average molecular weight is 693 g/mol. The smallest absolute Gasteiger partial charge is 0.206 e. The van der Waals surface area contributed by atoms with Crippen LogP contribution in [0.25, 0.3) is 49.7 Å². The number of rotatable bonds is 5. The van der Waals surface area contributed by atoms with Gasteiger partial charge in [0.1, 0.15) is 11.5 Å². The molecule has 0 N–H and O–H groups in total. The number of fused-ring (bicyclic) bond motifs is 5. The molecule has 0 radical (unpaired) electrons. The molecule has 6 heteroatoms. The van der Waals surface area contributed by atoms with E-state index in [4.69, 9.17) is 4.74 Å². The van der Waals surface area contributed by atoms with E-state index >= 15 is 0 Å². The predicted octanol–water partition coefficient (Wildman–Crippen LogP) is 11.3. The van der Waals surface area contributed by atoms with Crippen molar-refractivity contribution in [2.45, 2.75) is 29.1 Å². The Morgan fingerprint density at radius 1 is 0.558 bits per heavy atom. The maximum Gasteiger partial charge on any atom is 0.206 e. The highest BCUT2D eigenvalue weighted by Gasteiger charge is 2.35. The molecule has 0 saturated carbocycles. The zero-order valence-electron chi connectivity index (χ0n) is 28.5. The first kappa shape index (κ1) is 31.6. The van der Waals surface area contributed by atoms with E-state index in [1.165, 1.54) is 0 Å². The highest BCUT2D eigenvalue weighted by atomic mass is 32.2. The second kappa shape index (κ2) is 11.8. The molecule has 1 aliphatic rings. The molecule has 8 aromatic rings. The van der Waals surface area contributed by atoms with Crippen molar-refractivity contribution in [3.63, 3.8) is 0 Å². The second-order valence-electron chi connectivity index (χ2n) is 13.7. The lowest BCUT2D eigenvalue weighted by molar-refractivity contribution is 0.418. The fraction of sp³-hybridized carbons (Fsp3) is 0.0652. The van der Waals surface area contributed by atoms with E-state index in [-0.39, 0.29) is 9.79 Å². The zero-order valence-corrected chi connectivity index (χ0v) is 29.4. The minimum Gasteiger partial charge on any atom is -0.457 e. The van der Waals surface area contributed by atoms with Crippen molar-refractivity contribution in [2.24, 2.45) is 0 Å². The van der Waals surface area contributed by atoms with Gasteiger partial charge >= 0.3 is 0 Å². The SMILES string of the molecule is CC1(C)c2cc(-c3cccc(S(=O)(=O)c4ccccc4)c3)ccc2Oc2ccc(-c3ccc4c(c3)c3cc(C#N)ccc3n4-c3ccccc3)cc21. The van der Waals surface area contributed by atoms with E-state index in [1.54, 1.807) is 42.5 Å². The summed E-state index contributed by atoms with van der Waals surface area (Å²) in [5, 5.41) is 11.8. The van der Waals surface area contributed by atoms with Crippen LogP contribution in [0, 0.1) is 11.3 Å². The van der Waals surface area contributed by atoms with Crippen molar-refractivity contribution in [3.8, 4) is 45.5 Å². The molecule has 2 heterocycles. The van der Waals surface area contributed by atoms with Crippen LogP contribution in [0.1, 0.15) is 30.5 Å². The van der Waals surface area contributed by atoms with E-state index in [0.29, 0.717) is 5.56 Å². The lowest BCUT2D eigenvalue weighted by Crippen LogP contribution is -2.24. The largest absolute Gasteiger partial charge is 0.457 e. The Balaban J connectivity index is 1.12. The van der Waals surface area contributed by atoms with Gasteiger partial charge in [0, 0.05) is 33.0 Å². The van der Waals surface area contributed by atoms with Crippen molar-refractivity contribution in [1.82, 2.24) is 4.57 Å². The Morgan fingerprint density at radius 2 is 1.10 bits per heavy atom. The zero-order chi connectivity index (χ0) is 35.6. The van der Waals surface area contributed by atoms with E-state index in [1.807, 2.05) is 66.7 Å². The van der Waals surface area contributed by atoms with Gasteiger partial charge in [-0.25, -0.2) is 8.42 Å². The lowest BCUT2D eigenvalue weighted by atomic mass is 9.74. The maximum atomic E-state index is 13.4. The minimum atomic E-state index is -3.66. The molecule has 9 rings (SSSR count). The Hall–Kier alpha value is -6.42. The minimum absolute atomic E-state index is 0.257. The molecule has 52 heavy (non-hydrogen) atoms. The van der Waals surface area contributed by atoms with Crippen LogP contribution in [0.15, 0.2) is 168 Å². The molecule has 250 valence electrons. The number of benzene rings is 7. The van der Waals surface area contributed by atoms with Gasteiger partial charge in [0.2, 0.25) is 9.84 Å². The van der Waals surface area contributed by atoms with Crippen LogP contribution >= 0.6 is 0 Å². The fourth-order valence-corrected chi connectivity index (χ4v) is 8.87. The number of sulfone groups is 1. The molecule has 5 nitrogen and oxygen atoms in total. The van der Waals surface area contributed by atoms with Crippen LogP contribution in [0.5, 0.6) is 11.5 Å². The molecule has 0 aliphatic carbocycles. The van der Waals surface area contributed by atoms with E-state index in [0.717, 1.165) is 72.4 Å². The molecule has 0 spiro atoms. The Bertz CT molecular complexity index is 2870. The number of para-hydroxylation sites is 1. The number of nitrogens with zero attached hydrogens (tertiary/aromatic N) is 2. The van der Waals surface area contributed by atoms with E-state index in [2.05, 4.69) is 73.0 Å². The first-order chi connectivity index (χ1) is 25.2. The Kier molecular flexibility index (Phi) is 7.18. The second-order valence-corrected chi connectivity index (χ2v) is 15.7.